The van der Waals surface area contributed by atoms with Crippen LogP contribution in [-0.4, -0.2) is 32.0 Å². The summed E-state index contributed by atoms with van der Waals surface area (Å²) in [4.78, 5) is 10.2. The Morgan fingerprint density at radius 2 is 2.42 bits per heavy atom. The van der Waals surface area contributed by atoms with E-state index < -0.39 is 5.60 Å². The molecule has 0 fully saturated rings. The molecule has 0 amide bonds. The number of hydrogen-bond acceptors (Lipinski definition) is 4. The summed E-state index contributed by atoms with van der Waals surface area (Å²) in [5, 5.41) is 16.6. The molecule has 5 nitrogen and oxygen atoms in total. The quantitative estimate of drug-likeness (QED) is 0.639. The van der Waals surface area contributed by atoms with Gasteiger partial charge in [-0.1, -0.05) is 5.21 Å². The highest BCUT2D eigenvalue weighted by Gasteiger charge is 2.14. The molecule has 0 atom stereocenters. The molecule has 1 aromatic rings. The number of nitrogens with zero attached hydrogens (tertiary/aromatic N) is 3. The lowest BCUT2D eigenvalue weighted by atomic mass is 10.1. The van der Waals surface area contributed by atoms with Gasteiger partial charge in [0.15, 0.2) is 6.29 Å². The van der Waals surface area contributed by atoms with Crippen LogP contribution in [0.2, 0.25) is 0 Å². The smallest absolute Gasteiger partial charge is 0.171 e. The first-order valence-electron chi connectivity index (χ1n) is 3.59. The molecule has 1 N–H and O–H groups in total. The summed E-state index contributed by atoms with van der Waals surface area (Å²) in [6, 6.07) is 0. The Morgan fingerprint density at radius 3 is 2.83 bits per heavy atom. The zero-order chi connectivity index (χ0) is 9.19. The molecule has 0 spiro atoms. The highest BCUT2D eigenvalue weighted by molar-refractivity contribution is 5.70. The van der Waals surface area contributed by atoms with Crippen molar-refractivity contribution < 1.29 is 9.90 Å². The van der Waals surface area contributed by atoms with Crippen LogP contribution in [-0.2, 0) is 6.54 Å². The third-order valence-corrected chi connectivity index (χ3v) is 1.23. The molecule has 0 radical (unpaired) electrons. The van der Waals surface area contributed by atoms with Gasteiger partial charge in [0.25, 0.3) is 0 Å². The molecule has 1 aromatic heterocycles. The van der Waals surface area contributed by atoms with Crippen LogP contribution in [0.1, 0.15) is 24.3 Å². The summed E-state index contributed by atoms with van der Waals surface area (Å²) < 4.78 is 1.43. The summed E-state index contributed by atoms with van der Waals surface area (Å²) in [5.74, 6) is 0. The molecule has 1 heterocycles. The van der Waals surface area contributed by atoms with Gasteiger partial charge in [-0.05, 0) is 13.8 Å². The normalized spacial score (nSPS) is 11.6. The van der Waals surface area contributed by atoms with Gasteiger partial charge in [0.2, 0.25) is 0 Å². The summed E-state index contributed by atoms with van der Waals surface area (Å²) in [7, 11) is 0. The Kier molecular flexibility index (Phi) is 2.23. The number of carbonyl (C=O) groups is 1. The Morgan fingerprint density at radius 1 is 1.75 bits per heavy atom. The number of aldehydes is 1. The van der Waals surface area contributed by atoms with Crippen molar-refractivity contribution in [2.24, 2.45) is 0 Å². The fourth-order valence-corrected chi connectivity index (χ4v) is 0.841. The van der Waals surface area contributed by atoms with Gasteiger partial charge in [-0.15, -0.1) is 5.10 Å². The van der Waals surface area contributed by atoms with Crippen LogP contribution in [0.4, 0.5) is 0 Å². The van der Waals surface area contributed by atoms with Crippen molar-refractivity contribution in [1.29, 1.82) is 0 Å². The van der Waals surface area contributed by atoms with Crippen LogP contribution in [0.3, 0.4) is 0 Å². The number of rotatable bonds is 3. The zero-order valence-corrected chi connectivity index (χ0v) is 7.06. The van der Waals surface area contributed by atoms with E-state index in [9.17, 15) is 9.90 Å². The molecule has 0 saturated carbocycles. The molecular formula is C7H11N3O2. The van der Waals surface area contributed by atoms with E-state index in [4.69, 9.17) is 0 Å². The number of aliphatic hydroxyl groups is 1. The van der Waals surface area contributed by atoms with Crippen molar-refractivity contribution >= 4 is 6.29 Å². The SMILES string of the molecule is CC(C)(O)Cn1cc(C=O)nn1. The highest BCUT2D eigenvalue weighted by atomic mass is 16.3. The molecule has 1 rings (SSSR count). The van der Waals surface area contributed by atoms with E-state index in [1.807, 2.05) is 0 Å². The molecule has 0 aliphatic heterocycles. The molecule has 0 bridgehead atoms. The highest BCUT2D eigenvalue weighted by Crippen LogP contribution is 2.03. The van der Waals surface area contributed by atoms with Crippen LogP contribution in [0.5, 0.6) is 0 Å². The molecule has 0 saturated heterocycles. The maximum Gasteiger partial charge on any atom is 0.171 e. The van der Waals surface area contributed by atoms with E-state index in [2.05, 4.69) is 10.3 Å². The lowest BCUT2D eigenvalue weighted by Gasteiger charge is -2.15. The van der Waals surface area contributed by atoms with Crippen LogP contribution in [0.25, 0.3) is 0 Å². The lowest BCUT2D eigenvalue weighted by Crippen LogP contribution is -2.26. The van der Waals surface area contributed by atoms with Crippen LogP contribution < -0.4 is 0 Å². The molecule has 12 heavy (non-hydrogen) atoms. The Labute approximate surface area is 70.0 Å². The fraction of sp³-hybridized carbons (Fsp3) is 0.571. The van der Waals surface area contributed by atoms with Crippen LogP contribution in [0.15, 0.2) is 6.20 Å². The second-order valence-corrected chi connectivity index (χ2v) is 3.27. The van der Waals surface area contributed by atoms with Gasteiger partial charge < -0.3 is 5.11 Å². The third-order valence-electron chi connectivity index (χ3n) is 1.23. The third kappa shape index (κ3) is 2.43. The Balaban J connectivity index is 2.70. The maximum absolute atomic E-state index is 10.2. The van der Waals surface area contributed by atoms with E-state index >= 15 is 0 Å². The van der Waals surface area contributed by atoms with E-state index in [1.165, 1.54) is 10.9 Å². The van der Waals surface area contributed by atoms with Gasteiger partial charge in [0.1, 0.15) is 5.69 Å². The molecule has 66 valence electrons. The predicted molar refractivity (Wildman–Crippen MR) is 41.7 cm³/mol. The van der Waals surface area contributed by atoms with Crippen LogP contribution >= 0.6 is 0 Å². The Bertz CT molecular complexity index is 274. The second-order valence-electron chi connectivity index (χ2n) is 3.27. The van der Waals surface area contributed by atoms with Crippen molar-refractivity contribution in [1.82, 2.24) is 15.0 Å². The molecular weight excluding hydrogens is 158 g/mol. The molecule has 0 aromatic carbocycles. The zero-order valence-electron chi connectivity index (χ0n) is 7.06. The first-order chi connectivity index (χ1) is 5.51. The van der Waals surface area contributed by atoms with Gasteiger partial charge in [0, 0.05) is 0 Å². The van der Waals surface area contributed by atoms with Crippen molar-refractivity contribution in [3.63, 3.8) is 0 Å². The lowest BCUT2D eigenvalue weighted by molar-refractivity contribution is 0.0571. The van der Waals surface area contributed by atoms with Crippen molar-refractivity contribution in [2.75, 3.05) is 0 Å². The summed E-state index contributed by atoms with van der Waals surface area (Å²) in [6.07, 6.45) is 2.11. The molecule has 0 unspecified atom stereocenters. The minimum absolute atomic E-state index is 0.277. The van der Waals surface area contributed by atoms with E-state index in [0.29, 0.717) is 12.8 Å². The predicted octanol–water partition coefficient (Wildman–Crippen LogP) is -0.139. The standard InChI is InChI=1S/C7H11N3O2/c1-7(2,12)5-10-3-6(4-11)8-9-10/h3-4,12H,5H2,1-2H3. The molecule has 5 heteroatoms. The van der Waals surface area contributed by atoms with Gasteiger partial charge in [-0.2, -0.15) is 0 Å². The van der Waals surface area contributed by atoms with E-state index in [-0.39, 0.29) is 5.69 Å². The summed E-state index contributed by atoms with van der Waals surface area (Å²) in [6.45, 7) is 3.65. The average Bonchev–Trinajstić information content (AvgIpc) is 2.32. The minimum atomic E-state index is -0.839. The van der Waals surface area contributed by atoms with Crippen molar-refractivity contribution in [3.8, 4) is 0 Å². The number of carbonyl (C=O) groups excluding carboxylic acids is 1. The largest absolute Gasteiger partial charge is 0.389 e. The fourth-order valence-electron chi connectivity index (χ4n) is 0.841. The topological polar surface area (TPSA) is 68.0 Å². The monoisotopic (exact) mass is 169 g/mol. The van der Waals surface area contributed by atoms with E-state index in [1.54, 1.807) is 13.8 Å². The average molecular weight is 169 g/mol. The number of aromatic nitrogens is 3. The summed E-state index contributed by atoms with van der Waals surface area (Å²) in [5.41, 5.74) is -0.562. The second kappa shape index (κ2) is 3.02. The first kappa shape index (κ1) is 8.86. The van der Waals surface area contributed by atoms with Gasteiger partial charge in [0.05, 0.1) is 18.3 Å². The van der Waals surface area contributed by atoms with Gasteiger partial charge in [-0.3, -0.25) is 4.79 Å². The number of hydrogen-bond donors (Lipinski definition) is 1. The summed E-state index contributed by atoms with van der Waals surface area (Å²) >= 11 is 0. The van der Waals surface area contributed by atoms with Crippen molar-refractivity contribution in [2.45, 2.75) is 26.0 Å². The molecule has 0 aliphatic carbocycles. The van der Waals surface area contributed by atoms with E-state index in [0.717, 1.165) is 0 Å². The van der Waals surface area contributed by atoms with Gasteiger partial charge in [-0.25, -0.2) is 4.68 Å². The van der Waals surface area contributed by atoms with Crippen LogP contribution in [0, 0.1) is 0 Å². The minimum Gasteiger partial charge on any atom is -0.389 e. The van der Waals surface area contributed by atoms with Crippen molar-refractivity contribution in [3.05, 3.63) is 11.9 Å². The molecule has 0 aliphatic rings. The maximum atomic E-state index is 10.2. The van der Waals surface area contributed by atoms with Gasteiger partial charge >= 0.3 is 0 Å². The first-order valence-corrected chi connectivity index (χ1v) is 3.59. The Hall–Kier alpha value is -1.23.